The number of fused-ring (bicyclic) bond motifs is 3. The van der Waals surface area contributed by atoms with Gasteiger partial charge in [0.2, 0.25) is 0 Å². The summed E-state index contributed by atoms with van der Waals surface area (Å²) in [7, 11) is -1.49. The molecule has 1 heterocycles. The quantitative estimate of drug-likeness (QED) is 0.619. The van der Waals surface area contributed by atoms with E-state index in [4.69, 9.17) is 4.42 Å². The lowest BCUT2D eigenvalue weighted by molar-refractivity contribution is 0.426. The van der Waals surface area contributed by atoms with Crippen molar-refractivity contribution in [1.82, 2.24) is 0 Å². The monoisotopic (exact) mass is 226 g/mol. The molecule has 0 unspecified atom stereocenters. The maximum atomic E-state index is 9.38. The van der Waals surface area contributed by atoms with Gasteiger partial charge in [0.05, 0.1) is 0 Å². The molecule has 0 saturated carbocycles. The van der Waals surface area contributed by atoms with Crippen molar-refractivity contribution in [3.8, 4) is 0 Å². The standard InChI is InChI=1S/C13H11BO3/c1-8-4-2-5-9-12-10(14(15)16)6-3-7-11(12)17-13(8)9/h2-7,15-16H,1H3. The molecule has 0 aliphatic rings. The Morgan fingerprint density at radius 1 is 1.06 bits per heavy atom. The van der Waals surface area contributed by atoms with Crippen molar-refractivity contribution in [2.75, 3.05) is 0 Å². The lowest BCUT2D eigenvalue weighted by Gasteiger charge is -2.00. The van der Waals surface area contributed by atoms with Crippen molar-refractivity contribution < 1.29 is 14.5 Å². The predicted octanol–water partition coefficient (Wildman–Crippen LogP) is 1.57. The first-order valence-electron chi connectivity index (χ1n) is 5.45. The van der Waals surface area contributed by atoms with E-state index in [1.807, 2.05) is 31.2 Å². The topological polar surface area (TPSA) is 53.6 Å². The number of aryl methyl sites for hydroxylation is 1. The summed E-state index contributed by atoms with van der Waals surface area (Å²) in [5, 5.41) is 20.5. The van der Waals surface area contributed by atoms with E-state index in [1.165, 1.54) is 0 Å². The average Bonchev–Trinajstić information content (AvgIpc) is 2.69. The number of benzene rings is 2. The van der Waals surface area contributed by atoms with Crippen LogP contribution in [0.3, 0.4) is 0 Å². The number of rotatable bonds is 1. The molecule has 0 bridgehead atoms. The Bertz CT molecular complexity index is 700. The van der Waals surface area contributed by atoms with E-state index < -0.39 is 7.12 Å². The summed E-state index contributed by atoms with van der Waals surface area (Å²) in [5.74, 6) is 0. The number of hydrogen-bond acceptors (Lipinski definition) is 3. The fourth-order valence-corrected chi connectivity index (χ4v) is 2.23. The number of hydrogen-bond donors (Lipinski definition) is 2. The Balaban J connectivity index is 2.54. The zero-order valence-electron chi connectivity index (χ0n) is 9.34. The minimum atomic E-state index is -1.49. The molecular formula is C13H11BO3. The lowest BCUT2D eigenvalue weighted by atomic mass is 9.77. The summed E-state index contributed by atoms with van der Waals surface area (Å²) in [6, 6.07) is 11.1. The third-order valence-electron chi connectivity index (χ3n) is 3.03. The van der Waals surface area contributed by atoms with Crippen LogP contribution in [-0.4, -0.2) is 17.2 Å². The zero-order chi connectivity index (χ0) is 12.0. The first kappa shape index (κ1) is 10.4. The predicted molar refractivity (Wildman–Crippen MR) is 68.3 cm³/mol. The van der Waals surface area contributed by atoms with Crippen LogP contribution in [-0.2, 0) is 0 Å². The van der Waals surface area contributed by atoms with E-state index >= 15 is 0 Å². The van der Waals surface area contributed by atoms with Crippen molar-refractivity contribution in [2.45, 2.75) is 6.92 Å². The Labute approximate surface area is 98.4 Å². The molecule has 1 aromatic heterocycles. The third-order valence-corrected chi connectivity index (χ3v) is 3.03. The zero-order valence-corrected chi connectivity index (χ0v) is 9.34. The van der Waals surface area contributed by atoms with E-state index in [1.54, 1.807) is 12.1 Å². The molecule has 0 radical (unpaired) electrons. The second-order valence-electron chi connectivity index (χ2n) is 4.15. The first-order valence-corrected chi connectivity index (χ1v) is 5.45. The van der Waals surface area contributed by atoms with Crippen LogP contribution in [0.1, 0.15) is 5.56 Å². The summed E-state index contributed by atoms with van der Waals surface area (Å²) < 4.78 is 5.75. The molecule has 0 aliphatic heterocycles. The van der Waals surface area contributed by atoms with Gasteiger partial charge in [-0.15, -0.1) is 0 Å². The van der Waals surface area contributed by atoms with Crippen LogP contribution < -0.4 is 5.46 Å². The van der Waals surface area contributed by atoms with Crippen molar-refractivity contribution in [3.05, 3.63) is 42.0 Å². The Morgan fingerprint density at radius 2 is 1.82 bits per heavy atom. The minimum Gasteiger partial charge on any atom is -0.456 e. The molecule has 3 aromatic rings. The summed E-state index contributed by atoms with van der Waals surface area (Å²) in [6.07, 6.45) is 0. The smallest absolute Gasteiger partial charge is 0.456 e. The third kappa shape index (κ3) is 1.45. The summed E-state index contributed by atoms with van der Waals surface area (Å²) >= 11 is 0. The highest BCUT2D eigenvalue weighted by Gasteiger charge is 2.19. The normalized spacial score (nSPS) is 11.2. The van der Waals surface area contributed by atoms with Crippen LogP contribution in [0, 0.1) is 6.92 Å². The van der Waals surface area contributed by atoms with Gasteiger partial charge in [-0.2, -0.15) is 0 Å². The molecular weight excluding hydrogens is 215 g/mol. The SMILES string of the molecule is Cc1cccc2c1oc1cccc(B(O)O)c12. The molecule has 84 valence electrons. The molecule has 3 nitrogen and oxygen atoms in total. The molecule has 2 aromatic carbocycles. The van der Waals surface area contributed by atoms with Gasteiger partial charge in [0.25, 0.3) is 0 Å². The van der Waals surface area contributed by atoms with Gasteiger partial charge in [0.1, 0.15) is 11.2 Å². The summed E-state index contributed by atoms with van der Waals surface area (Å²) in [6.45, 7) is 1.97. The molecule has 2 N–H and O–H groups in total. The highest BCUT2D eigenvalue weighted by Crippen LogP contribution is 2.29. The van der Waals surface area contributed by atoms with Crippen LogP contribution in [0.15, 0.2) is 40.8 Å². The molecule has 3 rings (SSSR count). The van der Waals surface area contributed by atoms with Gasteiger partial charge in [-0.1, -0.05) is 30.3 Å². The molecule has 0 fully saturated rings. The fraction of sp³-hybridized carbons (Fsp3) is 0.0769. The van der Waals surface area contributed by atoms with Crippen LogP contribution in [0.2, 0.25) is 0 Å². The molecule has 0 spiro atoms. The molecule has 0 aliphatic carbocycles. The van der Waals surface area contributed by atoms with Gasteiger partial charge in [-0.3, -0.25) is 0 Å². The van der Waals surface area contributed by atoms with Crippen LogP contribution >= 0.6 is 0 Å². The van der Waals surface area contributed by atoms with E-state index in [2.05, 4.69) is 0 Å². The highest BCUT2D eigenvalue weighted by molar-refractivity contribution is 6.62. The van der Waals surface area contributed by atoms with Crippen molar-refractivity contribution >= 4 is 34.5 Å². The van der Waals surface area contributed by atoms with Crippen molar-refractivity contribution in [3.63, 3.8) is 0 Å². The number of para-hydroxylation sites is 1. The first-order chi connectivity index (χ1) is 8.18. The number of furan rings is 1. The van der Waals surface area contributed by atoms with Gasteiger partial charge < -0.3 is 14.5 Å². The van der Waals surface area contributed by atoms with Gasteiger partial charge in [-0.05, 0) is 24.0 Å². The van der Waals surface area contributed by atoms with Crippen LogP contribution in [0.4, 0.5) is 0 Å². The fourth-order valence-electron chi connectivity index (χ4n) is 2.23. The largest absolute Gasteiger partial charge is 0.489 e. The van der Waals surface area contributed by atoms with Gasteiger partial charge >= 0.3 is 7.12 Å². The molecule has 0 amide bonds. The Kier molecular flexibility index (Phi) is 2.21. The van der Waals surface area contributed by atoms with Crippen LogP contribution in [0.25, 0.3) is 21.9 Å². The van der Waals surface area contributed by atoms with Gasteiger partial charge in [0, 0.05) is 10.8 Å². The van der Waals surface area contributed by atoms with E-state index in [0.717, 1.165) is 21.9 Å². The molecule has 0 saturated heterocycles. The Hall–Kier alpha value is -1.78. The summed E-state index contributed by atoms with van der Waals surface area (Å²) in [4.78, 5) is 0. The Morgan fingerprint density at radius 3 is 2.59 bits per heavy atom. The van der Waals surface area contributed by atoms with E-state index in [9.17, 15) is 10.0 Å². The van der Waals surface area contributed by atoms with E-state index in [0.29, 0.717) is 11.0 Å². The van der Waals surface area contributed by atoms with E-state index in [-0.39, 0.29) is 0 Å². The second-order valence-corrected chi connectivity index (χ2v) is 4.15. The summed E-state index contributed by atoms with van der Waals surface area (Å²) in [5.41, 5.74) is 3.00. The highest BCUT2D eigenvalue weighted by atomic mass is 16.4. The maximum Gasteiger partial charge on any atom is 0.489 e. The van der Waals surface area contributed by atoms with Crippen molar-refractivity contribution in [1.29, 1.82) is 0 Å². The average molecular weight is 226 g/mol. The molecule has 17 heavy (non-hydrogen) atoms. The van der Waals surface area contributed by atoms with Crippen LogP contribution in [0.5, 0.6) is 0 Å². The second kappa shape index (κ2) is 3.62. The maximum absolute atomic E-state index is 9.38. The minimum absolute atomic E-state index is 0.479. The molecule has 0 atom stereocenters. The molecule has 4 heteroatoms. The lowest BCUT2D eigenvalue weighted by Crippen LogP contribution is -2.30. The van der Waals surface area contributed by atoms with Crippen molar-refractivity contribution in [2.24, 2.45) is 0 Å². The van der Waals surface area contributed by atoms with Gasteiger partial charge in [0.15, 0.2) is 0 Å². The van der Waals surface area contributed by atoms with Gasteiger partial charge in [-0.25, -0.2) is 0 Å².